The molecule has 2 fully saturated rings. The molecular formula is C21H23N5OS. The Morgan fingerprint density at radius 1 is 1.07 bits per heavy atom. The molecule has 0 saturated heterocycles. The number of aromatic nitrogens is 5. The van der Waals surface area contributed by atoms with Crippen LogP contribution in [-0.2, 0) is 0 Å². The fraction of sp³-hybridized carbons (Fsp3) is 0.429. The van der Waals surface area contributed by atoms with Crippen molar-refractivity contribution in [1.29, 1.82) is 0 Å². The third-order valence-corrected chi connectivity index (χ3v) is 6.49. The smallest absolute Gasteiger partial charge is 0.192 e. The summed E-state index contributed by atoms with van der Waals surface area (Å²) in [6, 6.07) is 6.99. The molecule has 0 radical (unpaired) electrons. The molecule has 2 aliphatic rings. The first kappa shape index (κ1) is 17.7. The number of Topliss-reactive ketones (excluding diaryl/α,β-unsaturated/α-hetero) is 1. The van der Waals surface area contributed by atoms with Crippen LogP contribution >= 0.6 is 11.8 Å². The van der Waals surface area contributed by atoms with Crippen LogP contribution in [0.2, 0.25) is 0 Å². The predicted octanol–water partition coefficient (Wildman–Crippen LogP) is 4.40. The number of hydrogen-bond acceptors (Lipinski definition) is 5. The molecule has 0 unspecified atom stereocenters. The van der Waals surface area contributed by atoms with Crippen LogP contribution in [0.1, 0.15) is 59.5 Å². The van der Waals surface area contributed by atoms with Gasteiger partial charge in [0.15, 0.2) is 16.8 Å². The zero-order valence-corrected chi connectivity index (χ0v) is 16.9. The Labute approximate surface area is 168 Å². The maximum absolute atomic E-state index is 12.9. The largest absolute Gasteiger partial charge is 0.345 e. The number of nitrogens with zero attached hydrogens (tertiary/aromatic N) is 5. The Hall–Kier alpha value is -2.41. The molecule has 0 aromatic carbocycles. The standard InChI is InChI=1S/C21H23N5OS/c1-13-11-18(14(2)25(13)16-3-4-16)19(27)12-28-21-24-23-20(26(21)17-5-6-17)15-7-9-22-10-8-15/h7-11,16-17H,3-6,12H2,1-2H3. The van der Waals surface area contributed by atoms with Gasteiger partial charge in [-0.1, -0.05) is 11.8 Å². The summed E-state index contributed by atoms with van der Waals surface area (Å²) < 4.78 is 4.52. The zero-order chi connectivity index (χ0) is 19.3. The highest BCUT2D eigenvalue weighted by atomic mass is 32.2. The molecule has 2 saturated carbocycles. The van der Waals surface area contributed by atoms with Gasteiger partial charge in [0.05, 0.1) is 5.75 Å². The molecule has 0 N–H and O–H groups in total. The van der Waals surface area contributed by atoms with Crippen molar-refractivity contribution in [3.63, 3.8) is 0 Å². The summed E-state index contributed by atoms with van der Waals surface area (Å²) in [6.45, 7) is 4.16. The molecule has 0 atom stereocenters. The molecule has 0 spiro atoms. The lowest BCUT2D eigenvalue weighted by molar-refractivity contribution is 0.102. The molecule has 0 amide bonds. The van der Waals surface area contributed by atoms with E-state index in [1.54, 1.807) is 12.4 Å². The van der Waals surface area contributed by atoms with Crippen molar-refractivity contribution in [3.05, 3.63) is 47.5 Å². The molecule has 2 aliphatic carbocycles. The Morgan fingerprint density at radius 2 is 1.75 bits per heavy atom. The fourth-order valence-electron chi connectivity index (χ4n) is 3.90. The van der Waals surface area contributed by atoms with E-state index >= 15 is 0 Å². The maximum atomic E-state index is 12.9. The normalized spacial score (nSPS) is 16.5. The quantitative estimate of drug-likeness (QED) is 0.440. The van der Waals surface area contributed by atoms with Crippen LogP contribution in [0.25, 0.3) is 11.4 Å². The zero-order valence-electron chi connectivity index (χ0n) is 16.1. The van der Waals surface area contributed by atoms with Gasteiger partial charge >= 0.3 is 0 Å². The Bertz CT molecular complexity index is 1030. The first-order valence-corrected chi connectivity index (χ1v) is 10.8. The second-order valence-corrected chi connectivity index (χ2v) is 8.68. The molecule has 3 heterocycles. The summed E-state index contributed by atoms with van der Waals surface area (Å²) in [5.41, 5.74) is 4.16. The fourth-order valence-corrected chi connectivity index (χ4v) is 4.79. The number of carbonyl (C=O) groups is 1. The average molecular weight is 394 g/mol. The molecule has 6 nitrogen and oxygen atoms in total. The van der Waals surface area contributed by atoms with Gasteiger partial charge in [-0.3, -0.25) is 14.3 Å². The Balaban J connectivity index is 1.37. The monoisotopic (exact) mass is 393 g/mol. The third kappa shape index (κ3) is 3.17. The molecule has 0 aliphatic heterocycles. The van der Waals surface area contributed by atoms with E-state index in [4.69, 9.17) is 0 Å². The van der Waals surface area contributed by atoms with E-state index in [2.05, 4.69) is 38.2 Å². The highest BCUT2D eigenvalue weighted by Gasteiger charge is 2.31. The minimum absolute atomic E-state index is 0.167. The highest BCUT2D eigenvalue weighted by Crippen LogP contribution is 2.41. The Morgan fingerprint density at radius 3 is 2.43 bits per heavy atom. The minimum atomic E-state index is 0.167. The van der Waals surface area contributed by atoms with Gasteiger partial charge in [0.1, 0.15) is 0 Å². The van der Waals surface area contributed by atoms with Crippen molar-refractivity contribution in [2.45, 2.75) is 56.8 Å². The summed E-state index contributed by atoms with van der Waals surface area (Å²) in [6.07, 6.45) is 8.27. The molecule has 7 heteroatoms. The van der Waals surface area contributed by atoms with Crippen molar-refractivity contribution in [2.24, 2.45) is 0 Å². The van der Waals surface area contributed by atoms with E-state index in [1.807, 2.05) is 18.2 Å². The first-order chi connectivity index (χ1) is 13.6. The van der Waals surface area contributed by atoms with Crippen LogP contribution in [0.3, 0.4) is 0 Å². The topological polar surface area (TPSA) is 65.6 Å². The van der Waals surface area contributed by atoms with E-state index in [-0.39, 0.29) is 5.78 Å². The predicted molar refractivity (Wildman–Crippen MR) is 109 cm³/mol. The third-order valence-electron chi connectivity index (χ3n) is 5.54. The second kappa shape index (κ2) is 6.88. The molecule has 3 aromatic heterocycles. The lowest BCUT2D eigenvalue weighted by Crippen LogP contribution is -2.07. The molecule has 0 bridgehead atoms. The van der Waals surface area contributed by atoms with Gasteiger partial charge in [-0.25, -0.2) is 0 Å². The first-order valence-electron chi connectivity index (χ1n) is 9.83. The number of aryl methyl sites for hydroxylation is 1. The molecule has 144 valence electrons. The van der Waals surface area contributed by atoms with Crippen LogP contribution in [0.5, 0.6) is 0 Å². The average Bonchev–Trinajstić information content (AvgIpc) is 3.64. The van der Waals surface area contributed by atoms with Gasteiger partial charge in [0.2, 0.25) is 0 Å². The van der Waals surface area contributed by atoms with Gasteiger partial charge in [-0.15, -0.1) is 10.2 Å². The van der Waals surface area contributed by atoms with E-state index in [9.17, 15) is 4.79 Å². The van der Waals surface area contributed by atoms with Crippen molar-refractivity contribution in [1.82, 2.24) is 24.3 Å². The highest BCUT2D eigenvalue weighted by molar-refractivity contribution is 7.99. The van der Waals surface area contributed by atoms with Gasteiger partial charge in [0.25, 0.3) is 0 Å². The molecular weight excluding hydrogens is 370 g/mol. The van der Waals surface area contributed by atoms with E-state index in [1.165, 1.54) is 30.3 Å². The molecule has 3 aromatic rings. The summed E-state index contributed by atoms with van der Waals surface area (Å²) in [7, 11) is 0. The summed E-state index contributed by atoms with van der Waals surface area (Å²) in [5.74, 6) is 1.42. The number of pyridine rings is 1. The lowest BCUT2D eigenvalue weighted by atomic mass is 10.2. The number of carbonyl (C=O) groups excluding carboxylic acids is 1. The van der Waals surface area contributed by atoms with E-state index in [0.717, 1.165) is 40.6 Å². The second-order valence-electron chi connectivity index (χ2n) is 7.74. The van der Waals surface area contributed by atoms with Crippen LogP contribution in [-0.4, -0.2) is 35.9 Å². The van der Waals surface area contributed by atoms with Crippen LogP contribution in [0.15, 0.2) is 35.7 Å². The van der Waals surface area contributed by atoms with Crippen molar-refractivity contribution < 1.29 is 4.79 Å². The minimum Gasteiger partial charge on any atom is -0.345 e. The van der Waals surface area contributed by atoms with Crippen molar-refractivity contribution in [2.75, 3.05) is 5.75 Å². The van der Waals surface area contributed by atoms with Crippen molar-refractivity contribution in [3.8, 4) is 11.4 Å². The molecule has 5 rings (SSSR count). The van der Waals surface area contributed by atoms with Crippen LogP contribution in [0.4, 0.5) is 0 Å². The number of ketones is 1. The molecule has 28 heavy (non-hydrogen) atoms. The Kier molecular flexibility index (Phi) is 4.34. The number of rotatable bonds is 7. The van der Waals surface area contributed by atoms with Crippen molar-refractivity contribution >= 4 is 17.5 Å². The van der Waals surface area contributed by atoms with Gasteiger partial charge in [0, 0.05) is 47.0 Å². The van der Waals surface area contributed by atoms with Gasteiger partial charge in [-0.05, 0) is 57.7 Å². The summed E-state index contributed by atoms with van der Waals surface area (Å²) in [5, 5.41) is 9.65. The lowest BCUT2D eigenvalue weighted by Gasteiger charge is -2.09. The summed E-state index contributed by atoms with van der Waals surface area (Å²) >= 11 is 1.50. The summed E-state index contributed by atoms with van der Waals surface area (Å²) in [4.78, 5) is 17.0. The number of thioether (sulfide) groups is 1. The number of hydrogen-bond donors (Lipinski definition) is 0. The van der Waals surface area contributed by atoms with E-state index < -0.39 is 0 Å². The van der Waals surface area contributed by atoms with Crippen LogP contribution < -0.4 is 0 Å². The van der Waals surface area contributed by atoms with Gasteiger partial charge < -0.3 is 4.57 Å². The maximum Gasteiger partial charge on any atom is 0.192 e. The SMILES string of the molecule is Cc1cc(C(=O)CSc2nnc(-c3ccncc3)n2C2CC2)c(C)n1C1CC1. The van der Waals surface area contributed by atoms with Gasteiger partial charge in [-0.2, -0.15) is 0 Å². The van der Waals surface area contributed by atoms with Crippen LogP contribution in [0, 0.1) is 13.8 Å². The van der Waals surface area contributed by atoms with E-state index in [0.29, 0.717) is 17.8 Å².